The van der Waals surface area contributed by atoms with Crippen LogP contribution >= 0.6 is 11.3 Å². The summed E-state index contributed by atoms with van der Waals surface area (Å²) in [4.78, 5) is 36.7. The first-order chi connectivity index (χ1) is 11.3. The number of thiophene rings is 1. The molecule has 1 aromatic rings. The van der Waals surface area contributed by atoms with Crippen LogP contribution in [0.15, 0.2) is 0 Å². The van der Waals surface area contributed by atoms with E-state index in [0.717, 1.165) is 29.7 Å². The molecule has 1 N–H and O–H groups in total. The molecule has 132 valence electrons. The molecule has 1 aliphatic rings. The van der Waals surface area contributed by atoms with Crippen LogP contribution in [0.5, 0.6) is 0 Å². The molecule has 1 aromatic heterocycles. The van der Waals surface area contributed by atoms with Gasteiger partial charge in [0.15, 0.2) is 6.10 Å². The van der Waals surface area contributed by atoms with Crippen molar-refractivity contribution in [1.82, 2.24) is 0 Å². The van der Waals surface area contributed by atoms with Crippen LogP contribution in [-0.2, 0) is 31.9 Å². The highest BCUT2D eigenvalue weighted by atomic mass is 32.1. The van der Waals surface area contributed by atoms with Crippen LogP contribution in [0.2, 0.25) is 0 Å². The zero-order chi connectivity index (χ0) is 17.9. The number of anilines is 1. The first kappa shape index (κ1) is 18.4. The van der Waals surface area contributed by atoms with Gasteiger partial charge < -0.3 is 14.8 Å². The van der Waals surface area contributed by atoms with Crippen LogP contribution in [-0.4, -0.2) is 30.6 Å². The highest BCUT2D eigenvalue weighted by molar-refractivity contribution is 7.17. The lowest BCUT2D eigenvalue weighted by Gasteiger charge is -2.18. The van der Waals surface area contributed by atoms with Crippen molar-refractivity contribution in [3.63, 3.8) is 0 Å². The van der Waals surface area contributed by atoms with Crippen LogP contribution in [0, 0.1) is 5.92 Å². The summed E-state index contributed by atoms with van der Waals surface area (Å²) in [6.07, 6.45) is 1.78. The summed E-state index contributed by atoms with van der Waals surface area (Å²) in [7, 11) is 0. The molecule has 0 fully saturated rings. The summed E-state index contributed by atoms with van der Waals surface area (Å²) in [5, 5.41) is 3.21. The lowest BCUT2D eigenvalue weighted by atomic mass is 9.88. The van der Waals surface area contributed by atoms with Gasteiger partial charge in [0.05, 0.1) is 12.2 Å². The molecular weight excluding hydrogens is 330 g/mol. The first-order valence-corrected chi connectivity index (χ1v) is 8.94. The van der Waals surface area contributed by atoms with E-state index in [0.29, 0.717) is 16.5 Å². The van der Waals surface area contributed by atoms with Crippen LogP contribution in [0.1, 0.15) is 54.9 Å². The maximum Gasteiger partial charge on any atom is 0.341 e. The summed E-state index contributed by atoms with van der Waals surface area (Å²) in [6, 6.07) is 0. The Morgan fingerprint density at radius 2 is 2.08 bits per heavy atom. The van der Waals surface area contributed by atoms with Crippen molar-refractivity contribution in [3.8, 4) is 0 Å². The van der Waals surface area contributed by atoms with E-state index < -0.39 is 23.9 Å². The molecule has 0 radical (unpaired) electrons. The highest BCUT2D eigenvalue weighted by Crippen LogP contribution is 2.40. The molecule has 2 rings (SSSR count). The second-order valence-electron chi connectivity index (χ2n) is 6.02. The molecule has 1 amide bonds. The van der Waals surface area contributed by atoms with E-state index in [1.807, 2.05) is 0 Å². The molecule has 0 aliphatic heterocycles. The summed E-state index contributed by atoms with van der Waals surface area (Å²) < 4.78 is 10.0. The van der Waals surface area contributed by atoms with Crippen LogP contribution in [0.25, 0.3) is 0 Å². The Bertz CT molecular complexity index is 652. The molecule has 0 bridgehead atoms. The number of carbonyl (C=O) groups is 3. The first-order valence-electron chi connectivity index (χ1n) is 8.13. The van der Waals surface area contributed by atoms with E-state index in [4.69, 9.17) is 9.47 Å². The third-order valence-corrected chi connectivity index (χ3v) is 5.11. The fourth-order valence-corrected chi connectivity index (χ4v) is 4.18. The number of hydrogen-bond acceptors (Lipinski definition) is 6. The topological polar surface area (TPSA) is 81.7 Å². The summed E-state index contributed by atoms with van der Waals surface area (Å²) >= 11 is 1.41. The molecular formula is C17H23NO5S. The van der Waals surface area contributed by atoms with E-state index in [-0.39, 0.29) is 6.61 Å². The molecule has 6 nitrogen and oxygen atoms in total. The summed E-state index contributed by atoms with van der Waals surface area (Å²) in [5.41, 5.74) is 1.43. The average molecular weight is 353 g/mol. The zero-order valence-corrected chi connectivity index (χ0v) is 15.2. The number of rotatable bonds is 5. The molecule has 0 unspecified atom stereocenters. The van der Waals surface area contributed by atoms with Gasteiger partial charge in [0.25, 0.3) is 5.91 Å². The predicted octanol–water partition coefficient (Wildman–Crippen LogP) is 2.94. The zero-order valence-electron chi connectivity index (χ0n) is 14.4. The number of ether oxygens (including phenoxy) is 2. The van der Waals surface area contributed by atoms with Crippen molar-refractivity contribution in [3.05, 3.63) is 16.0 Å². The number of fused-ring (bicyclic) bond motifs is 1. The monoisotopic (exact) mass is 353 g/mol. The third kappa shape index (κ3) is 4.14. The minimum atomic E-state index is -0.921. The maximum atomic E-state index is 12.4. The van der Waals surface area contributed by atoms with Crippen molar-refractivity contribution in [2.75, 3.05) is 11.9 Å². The van der Waals surface area contributed by atoms with Gasteiger partial charge in [0.1, 0.15) is 5.00 Å². The summed E-state index contributed by atoms with van der Waals surface area (Å²) in [6.45, 7) is 6.94. The molecule has 7 heteroatoms. The van der Waals surface area contributed by atoms with Gasteiger partial charge in [-0.25, -0.2) is 4.79 Å². The number of amides is 1. The van der Waals surface area contributed by atoms with Crippen molar-refractivity contribution >= 4 is 34.2 Å². The SMILES string of the molecule is CCOC(=O)c1c(NC(=O)[C@@H](C)OC(C)=O)sc2c1CC[C@@H](C)C2. The Morgan fingerprint density at radius 3 is 2.71 bits per heavy atom. The quantitative estimate of drug-likeness (QED) is 0.823. The lowest BCUT2D eigenvalue weighted by Crippen LogP contribution is -2.29. The van der Waals surface area contributed by atoms with Crippen molar-refractivity contribution in [2.45, 2.75) is 53.1 Å². The van der Waals surface area contributed by atoms with Gasteiger partial charge in [-0.1, -0.05) is 6.92 Å². The summed E-state index contributed by atoms with van der Waals surface area (Å²) in [5.74, 6) is -0.848. The molecule has 24 heavy (non-hydrogen) atoms. The van der Waals surface area contributed by atoms with Crippen LogP contribution < -0.4 is 5.32 Å². The highest BCUT2D eigenvalue weighted by Gasteiger charge is 2.30. The Labute approximate surface area is 145 Å². The van der Waals surface area contributed by atoms with Crippen LogP contribution in [0.3, 0.4) is 0 Å². The number of hydrogen-bond donors (Lipinski definition) is 1. The van der Waals surface area contributed by atoms with Gasteiger partial charge in [-0.15, -0.1) is 11.3 Å². The molecule has 0 spiro atoms. The fraction of sp³-hybridized carbons (Fsp3) is 0.588. The van der Waals surface area contributed by atoms with E-state index in [9.17, 15) is 14.4 Å². The minimum Gasteiger partial charge on any atom is -0.462 e. The number of nitrogens with one attached hydrogen (secondary N) is 1. The normalized spacial score (nSPS) is 17.6. The smallest absolute Gasteiger partial charge is 0.341 e. The van der Waals surface area contributed by atoms with Crippen molar-refractivity contribution in [1.29, 1.82) is 0 Å². The minimum absolute atomic E-state index is 0.275. The van der Waals surface area contributed by atoms with Gasteiger partial charge in [0, 0.05) is 11.8 Å². The van der Waals surface area contributed by atoms with Gasteiger partial charge in [-0.3, -0.25) is 9.59 Å². The van der Waals surface area contributed by atoms with E-state index in [2.05, 4.69) is 12.2 Å². The number of esters is 2. The molecule has 1 aliphatic carbocycles. The third-order valence-electron chi connectivity index (χ3n) is 3.94. The molecule has 2 atom stereocenters. The fourth-order valence-electron chi connectivity index (χ4n) is 2.77. The second-order valence-corrected chi connectivity index (χ2v) is 7.12. The average Bonchev–Trinajstić information content (AvgIpc) is 2.83. The standard InChI is InChI=1S/C17H23NO5S/c1-5-22-17(21)14-12-7-6-9(2)8-13(12)24-16(14)18-15(20)10(3)23-11(4)19/h9-10H,5-8H2,1-4H3,(H,18,20)/t9-,10-/m1/s1. The Hall–Kier alpha value is -1.89. The van der Waals surface area contributed by atoms with Gasteiger partial charge >= 0.3 is 11.9 Å². The molecule has 0 saturated carbocycles. The maximum absolute atomic E-state index is 12.4. The second kappa shape index (κ2) is 7.79. The predicted molar refractivity (Wildman–Crippen MR) is 91.3 cm³/mol. The largest absolute Gasteiger partial charge is 0.462 e. The van der Waals surface area contributed by atoms with E-state index in [1.54, 1.807) is 6.92 Å². The van der Waals surface area contributed by atoms with Crippen molar-refractivity contribution in [2.24, 2.45) is 5.92 Å². The van der Waals surface area contributed by atoms with E-state index in [1.165, 1.54) is 25.2 Å². The van der Waals surface area contributed by atoms with Crippen LogP contribution in [0.4, 0.5) is 5.00 Å². The Kier molecular flexibility index (Phi) is 5.99. The molecule has 0 aromatic carbocycles. The molecule has 0 saturated heterocycles. The molecule has 1 heterocycles. The van der Waals surface area contributed by atoms with E-state index >= 15 is 0 Å². The van der Waals surface area contributed by atoms with Crippen molar-refractivity contribution < 1.29 is 23.9 Å². The Balaban J connectivity index is 2.29. The van der Waals surface area contributed by atoms with Gasteiger partial charge in [0.2, 0.25) is 0 Å². The lowest BCUT2D eigenvalue weighted by molar-refractivity contribution is -0.150. The number of carbonyl (C=O) groups excluding carboxylic acids is 3. The van der Waals surface area contributed by atoms with Gasteiger partial charge in [-0.2, -0.15) is 0 Å². The van der Waals surface area contributed by atoms with Gasteiger partial charge in [-0.05, 0) is 44.6 Å². The Morgan fingerprint density at radius 1 is 1.38 bits per heavy atom.